The molecule has 1 fully saturated rings. The van der Waals surface area contributed by atoms with Gasteiger partial charge < -0.3 is 5.32 Å². The zero-order valence-corrected chi connectivity index (χ0v) is 11.2. The fraction of sp³-hybridized carbons (Fsp3) is 0.692. The number of hydrogen-bond acceptors (Lipinski definition) is 3. The van der Waals surface area contributed by atoms with Gasteiger partial charge in [-0.15, -0.1) is 0 Å². The van der Waals surface area contributed by atoms with Gasteiger partial charge >= 0.3 is 0 Å². The van der Waals surface area contributed by atoms with Gasteiger partial charge in [-0.25, -0.2) is 0 Å². The molecule has 1 aliphatic carbocycles. The fourth-order valence-electron chi connectivity index (χ4n) is 2.43. The van der Waals surface area contributed by atoms with Crippen LogP contribution in [0.1, 0.15) is 50.6 Å². The molecule has 0 aromatic carbocycles. The molecule has 0 saturated heterocycles. The maximum absolute atomic E-state index is 11.7. The highest BCUT2D eigenvalue weighted by Gasteiger charge is 2.15. The van der Waals surface area contributed by atoms with Crippen LogP contribution in [-0.4, -0.2) is 10.3 Å². The Morgan fingerprint density at radius 2 is 2.24 bits per heavy atom. The van der Waals surface area contributed by atoms with Crippen molar-refractivity contribution in [3.8, 4) is 0 Å². The van der Waals surface area contributed by atoms with Crippen molar-refractivity contribution in [3.05, 3.63) is 11.8 Å². The van der Waals surface area contributed by atoms with E-state index in [-0.39, 0.29) is 5.91 Å². The topological polar surface area (TPSA) is 42.0 Å². The van der Waals surface area contributed by atoms with E-state index < -0.39 is 0 Å². The standard InChI is InChI=1S/C13H20N2OS/c1-10-9-13(17-15-10)14-12(16)8-7-11-5-3-2-4-6-11/h9,11H,2-8H2,1H3,(H,14,16). The summed E-state index contributed by atoms with van der Waals surface area (Å²) in [5.74, 6) is 0.914. The molecule has 0 radical (unpaired) electrons. The van der Waals surface area contributed by atoms with Gasteiger partial charge in [0.15, 0.2) is 0 Å². The number of amides is 1. The lowest BCUT2D eigenvalue weighted by molar-refractivity contribution is -0.116. The lowest BCUT2D eigenvalue weighted by Gasteiger charge is -2.20. The second-order valence-electron chi connectivity index (χ2n) is 4.92. The second-order valence-corrected chi connectivity index (χ2v) is 5.73. The largest absolute Gasteiger partial charge is 0.316 e. The number of carbonyl (C=O) groups is 1. The van der Waals surface area contributed by atoms with Crippen LogP contribution in [0, 0.1) is 12.8 Å². The molecule has 17 heavy (non-hydrogen) atoms. The van der Waals surface area contributed by atoms with E-state index in [1.165, 1.54) is 43.6 Å². The third-order valence-electron chi connectivity index (χ3n) is 3.39. The van der Waals surface area contributed by atoms with E-state index in [1.807, 2.05) is 13.0 Å². The molecule has 94 valence electrons. The van der Waals surface area contributed by atoms with Crippen LogP contribution in [0.5, 0.6) is 0 Å². The van der Waals surface area contributed by atoms with Crippen molar-refractivity contribution < 1.29 is 4.79 Å². The summed E-state index contributed by atoms with van der Waals surface area (Å²) in [5.41, 5.74) is 0.970. The molecule has 1 aromatic rings. The van der Waals surface area contributed by atoms with E-state index in [0.717, 1.165) is 23.0 Å². The van der Waals surface area contributed by atoms with E-state index in [2.05, 4.69) is 9.69 Å². The number of hydrogen-bond donors (Lipinski definition) is 1. The summed E-state index contributed by atoms with van der Waals surface area (Å²) >= 11 is 1.36. The summed E-state index contributed by atoms with van der Waals surface area (Å²) < 4.78 is 4.15. The first kappa shape index (κ1) is 12.6. The van der Waals surface area contributed by atoms with Gasteiger partial charge in [-0.3, -0.25) is 4.79 Å². The van der Waals surface area contributed by atoms with Crippen molar-refractivity contribution in [2.45, 2.75) is 51.9 Å². The molecule has 1 N–H and O–H groups in total. The summed E-state index contributed by atoms with van der Waals surface area (Å²) in [6, 6.07) is 1.92. The Morgan fingerprint density at radius 1 is 1.47 bits per heavy atom. The van der Waals surface area contributed by atoms with E-state index in [4.69, 9.17) is 0 Å². The summed E-state index contributed by atoms with van der Waals surface area (Å²) in [6.45, 7) is 1.94. The van der Waals surface area contributed by atoms with Crippen LogP contribution in [0.3, 0.4) is 0 Å². The van der Waals surface area contributed by atoms with Gasteiger partial charge in [-0.1, -0.05) is 32.1 Å². The average Bonchev–Trinajstić information content (AvgIpc) is 2.73. The number of rotatable bonds is 4. The number of carbonyl (C=O) groups excluding carboxylic acids is 1. The van der Waals surface area contributed by atoms with Crippen molar-refractivity contribution >= 4 is 22.4 Å². The number of aryl methyl sites for hydroxylation is 1. The highest BCUT2D eigenvalue weighted by molar-refractivity contribution is 7.10. The highest BCUT2D eigenvalue weighted by Crippen LogP contribution is 2.27. The summed E-state index contributed by atoms with van der Waals surface area (Å²) in [7, 11) is 0. The van der Waals surface area contributed by atoms with Gasteiger partial charge in [-0.2, -0.15) is 4.37 Å². The molecule has 1 heterocycles. The van der Waals surface area contributed by atoms with Crippen molar-refractivity contribution in [1.82, 2.24) is 4.37 Å². The molecule has 1 aromatic heterocycles. The maximum atomic E-state index is 11.7. The summed E-state index contributed by atoms with van der Waals surface area (Å²) in [4.78, 5) is 11.7. The summed E-state index contributed by atoms with van der Waals surface area (Å²) in [6.07, 6.45) is 8.40. The van der Waals surface area contributed by atoms with E-state index in [9.17, 15) is 4.79 Å². The lowest BCUT2D eigenvalue weighted by atomic mass is 9.86. The minimum Gasteiger partial charge on any atom is -0.316 e. The van der Waals surface area contributed by atoms with Crippen LogP contribution in [0.2, 0.25) is 0 Å². The molecule has 0 unspecified atom stereocenters. The van der Waals surface area contributed by atoms with Gasteiger partial charge in [0.1, 0.15) is 5.00 Å². The Hall–Kier alpha value is -0.900. The molecule has 0 bridgehead atoms. The zero-order valence-electron chi connectivity index (χ0n) is 10.4. The molecular formula is C13H20N2OS. The van der Waals surface area contributed by atoms with E-state index >= 15 is 0 Å². The molecule has 1 amide bonds. The Bertz CT molecular complexity index is 369. The zero-order chi connectivity index (χ0) is 12.1. The monoisotopic (exact) mass is 252 g/mol. The fourth-order valence-corrected chi connectivity index (χ4v) is 3.11. The molecule has 4 heteroatoms. The molecule has 0 atom stereocenters. The Morgan fingerprint density at radius 3 is 2.88 bits per heavy atom. The summed E-state index contributed by atoms with van der Waals surface area (Å²) in [5, 5.41) is 3.79. The first-order valence-corrected chi connectivity index (χ1v) is 7.24. The van der Waals surface area contributed by atoms with Gasteiger partial charge in [0.05, 0.1) is 5.69 Å². The smallest absolute Gasteiger partial charge is 0.225 e. The third kappa shape index (κ3) is 4.11. The average molecular weight is 252 g/mol. The number of nitrogens with one attached hydrogen (secondary N) is 1. The number of aromatic nitrogens is 1. The van der Waals surface area contributed by atoms with Crippen LogP contribution in [0.15, 0.2) is 6.07 Å². The van der Waals surface area contributed by atoms with Gasteiger partial charge in [0.2, 0.25) is 5.91 Å². The first-order chi connectivity index (χ1) is 8.24. The molecule has 1 aliphatic rings. The van der Waals surface area contributed by atoms with Gasteiger partial charge in [-0.05, 0) is 36.9 Å². The van der Waals surface area contributed by atoms with Crippen LogP contribution < -0.4 is 5.32 Å². The van der Waals surface area contributed by atoms with Crippen molar-refractivity contribution in [1.29, 1.82) is 0 Å². The maximum Gasteiger partial charge on any atom is 0.225 e. The van der Waals surface area contributed by atoms with E-state index in [1.54, 1.807) is 0 Å². The predicted octanol–water partition coefficient (Wildman–Crippen LogP) is 3.75. The lowest BCUT2D eigenvalue weighted by Crippen LogP contribution is -2.14. The molecule has 2 rings (SSSR count). The van der Waals surface area contributed by atoms with Gasteiger partial charge in [0, 0.05) is 6.42 Å². The predicted molar refractivity (Wildman–Crippen MR) is 71.3 cm³/mol. The minimum atomic E-state index is 0.138. The van der Waals surface area contributed by atoms with Crippen molar-refractivity contribution in [2.24, 2.45) is 5.92 Å². The number of anilines is 1. The van der Waals surface area contributed by atoms with Crippen LogP contribution >= 0.6 is 11.5 Å². The minimum absolute atomic E-state index is 0.138. The molecule has 3 nitrogen and oxygen atoms in total. The Labute approximate surface area is 107 Å². The highest BCUT2D eigenvalue weighted by atomic mass is 32.1. The van der Waals surface area contributed by atoms with Crippen molar-refractivity contribution in [2.75, 3.05) is 5.32 Å². The van der Waals surface area contributed by atoms with Crippen LogP contribution in [0.25, 0.3) is 0 Å². The Balaban J connectivity index is 1.70. The first-order valence-electron chi connectivity index (χ1n) is 6.47. The molecule has 0 spiro atoms. The second kappa shape index (κ2) is 6.15. The van der Waals surface area contributed by atoms with Crippen LogP contribution in [-0.2, 0) is 4.79 Å². The third-order valence-corrected chi connectivity index (χ3v) is 4.19. The number of nitrogens with zero attached hydrogens (tertiary/aromatic N) is 1. The Kier molecular flexibility index (Phi) is 4.54. The molecule has 1 saturated carbocycles. The van der Waals surface area contributed by atoms with Crippen LogP contribution in [0.4, 0.5) is 5.00 Å². The molecular weight excluding hydrogens is 232 g/mol. The van der Waals surface area contributed by atoms with Gasteiger partial charge in [0.25, 0.3) is 0 Å². The van der Waals surface area contributed by atoms with E-state index in [0.29, 0.717) is 6.42 Å². The van der Waals surface area contributed by atoms with Crippen molar-refractivity contribution in [3.63, 3.8) is 0 Å². The molecule has 0 aliphatic heterocycles. The quantitative estimate of drug-likeness (QED) is 0.886. The SMILES string of the molecule is Cc1cc(NC(=O)CCC2CCCCC2)sn1. The normalized spacial score (nSPS) is 17.0.